The zero-order valence-electron chi connectivity index (χ0n) is 14.6. The van der Waals surface area contributed by atoms with Crippen LogP contribution in [0.4, 0.5) is 5.69 Å². The van der Waals surface area contributed by atoms with Crippen molar-refractivity contribution < 1.29 is 9.53 Å². The van der Waals surface area contributed by atoms with E-state index in [1.165, 1.54) is 12.8 Å². The quantitative estimate of drug-likeness (QED) is 0.839. The third-order valence-electron chi connectivity index (χ3n) is 5.22. The Morgan fingerprint density at radius 1 is 1.29 bits per heavy atom. The van der Waals surface area contributed by atoms with Crippen molar-refractivity contribution in [2.75, 3.05) is 38.2 Å². The van der Waals surface area contributed by atoms with Crippen molar-refractivity contribution in [3.05, 3.63) is 24.3 Å². The van der Waals surface area contributed by atoms with E-state index in [0.29, 0.717) is 12.3 Å². The summed E-state index contributed by atoms with van der Waals surface area (Å²) >= 11 is 0. The van der Waals surface area contributed by atoms with Gasteiger partial charge in [0.05, 0.1) is 12.8 Å². The highest BCUT2D eigenvalue weighted by molar-refractivity contribution is 5.76. The summed E-state index contributed by atoms with van der Waals surface area (Å²) in [5.41, 5.74) is 1.12. The number of carbonyl (C=O) groups is 1. The molecule has 1 aromatic carbocycles. The Morgan fingerprint density at radius 3 is 2.88 bits per heavy atom. The fourth-order valence-electron chi connectivity index (χ4n) is 3.79. The van der Waals surface area contributed by atoms with Gasteiger partial charge in [-0.2, -0.15) is 0 Å². The van der Waals surface area contributed by atoms with Crippen LogP contribution in [-0.4, -0.2) is 45.2 Å². The molecule has 2 saturated heterocycles. The number of rotatable bonds is 6. The lowest BCUT2D eigenvalue weighted by molar-refractivity contribution is -0.122. The highest BCUT2D eigenvalue weighted by Gasteiger charge is 2.26. The van der Waals surface area contributed by atoms with Crippen LogP contribution in [0.15, 0.2) is 24.3 Å². The lowest BCUT2D eigenvalue weighted by atomic mass is 9.93. The fraction of sp³-hybridized carbons (Fsp3) is 0.632. The molecule has 0 bridgehead atoms. The summed E-state index contributed by atoms with van der Waals surface area (Å²) in [7, 11) is 1.70. The highest BCUT2D eigenvalue weighted by Crippen LogP contribution is 2.30. The average molecular weight is 331 g/mol. The molecule has 3 rings (SSSR count). The van der Waals surface area contributed by atoms with Gasteiger partial charge in [0.15, 0.2) is 0 Å². The number of ether oxygens (including phenoxy) is 1. The molecular formula is C19H29N3O2. The number of nitrogens with zero attached hydrogens (tertiary/aromatic N) is 1. The van der Waals surface area contributed by atoms with Gasteiger partial charge >= 0.3 is 0 Å². The Balaban J connectivity index is 1.44. The van der Waals surface area contributed by atoms with E-state index in [2.05, 4.69) is 21.6 Å². The van der Waals surface area contributed by atoms with Crippen LogP contribution in [0.25, 0.3) is 0 Å². The van der Waals surface area contributed by atoms with Gasteiger partial charge in [0.2, 0.25) is 5.91 Å². The number of benzene rings is 1. The van der Waals surface area contributed by atoms with Gasteiger partial charge in [0.25, 0.3) is 0 Å². The van der Waals surface area contributed by atoms with E-state index in [-0.39, 0.29) is 11.9 Å². The van der Waals surface area contributed by atoms with Crippen LogP contribution < -0.4 is 20.3 Å². The van der Waals surface area contributed by atoms with Crippen LogP contribution in [0, 0.1) is 5.92 Å². The predicted molar refractivity (Wildman–Crippen MR) is 96.6 cm³/mol. The summed E-state index contributed by atoms with van der Waals surface area (Å²) in [6.45, 7) is 4.02. The lowest BCUT2D eigenvalue weighted by Gasteiger charge is -2.23. The van der Waals surface area contributed by atoms with Crippen LogP contribution in [0.5, 0.6) is 5.75 Å². The van der Waals surface area contributed by atoms with Crippen molar-refractivity contribution in [1.29, 1.82) is 0 Å². The molecule has 0 spiro atoms. The zero-order chi connectivity index (χ0) is 16.8. The van der Waals surface area contributed by atoms with Crippen molar-refractivity contribution in [2.45, 2.75) is 38.1 Å². The molecule has 0 saturated carbocycles. The molecule has 2 aliphatic rings. The normalized spacial score (nSPS) is 21.7. The molecule has 5 nitrogen and oxygen atoms in total. The maximum atomic E-state index is 12.2. The molecule has 0 aliphatic carbocycles. The third-order valence-corrected chi connectivity index (χ3v) is 5.22. The first-order valence-corrected chi connectivity index (χ1v) is 9.14. The van der Waals surface area contributed by atoms with E-state index < -0.39 is 0 Å². The van der Waals surface area contributed by atoms with Crippen molar-refractivity contribution >= 4 is 11.6 Å². The van der Waals surface area contributed by atoms with Gasteiger partial charge in [0.1, 0.15) is 5.75 Å². The molecule has 0 aromatic heterocycles. The Bertz CT molecular complexity index is 543. The molecule has 132 valence electrons. The number of hydrogen-bond acceptors (Lipinski definition) is 4. The minimum absolute atomic E-state index is 0.209. The predicted octanol–water partition coefficient (Wildman–Crippen LogP) is 2.17. The minimum Gasteiger partial charge on any atom is -0.495 e. The lowest BCUT2D eigenvalue weighted by Crippen LogP contribution is -2.37. The van der Waals surface area contributed by atoms with Gasteiger partial charge in [-0.05, 0) is 56.8 Å². The number of carbonyl (C=O) groups excluding carboxylic acids is 1. The first-order valence-electron chi connectivity index (χ1n) is 9.14. The number of nitrogens with one attached hydrogen (secondary N) is 2. The topological polar surface area (TPSA) is 53.6 Å². The SMILES string of the molecule is COc1ccccc1N1CCC(NC(=O)CCC2CCNCC2)C1. The second kappa shape index (κ2) is 8.38. The first kappa shape index (κ1) is 17.1. The molecule has 1 unspecified atom stereocenters. The van der Waals surface area contributed by atoms with E-state index in [9.17, 15) is 4.79 Å². The molecule has 1 atom stereocenters. The first-order chi connectivity index (χ1) is 11.8. The van der Waals surface area contributed by atoms with Crippen LogP contribution in [0.1, 0.15) is 32.1 Å². The Hall–Kier alpha value is -1.75. The van der Waals surface area contributed by atoms with Gasteiger partial charge in [-0.15, -0.1) is 0 Å². The summed E-state index contributed by atoms with van der Waals surface area (Å²) in [6, 6.07) is 8.33. The highest BCUT2D eigenvalue weighted by atomic mass is 16.5. The van der Waals surface area contributed by atoms with E-state index >= 15 is 0 Å². The largest absolute Gasteiger partial charge is 0.495 e. The number of piperidine rings is 1. The van der Waals surface area contributed by atoms with Gasteiger partial charge < -0.3 is 20.3 Å². The van der Waals surface area contributed by atoms with Gasteiger partial charge in [0, 0.05) is 25.6 Å². The Labute approximate surface area is 144 Å². The standard InChI is InChI=1S/C19H29N3O2/c1-24-18-5-3-2-4-17(18)22-13-10-16(14-22)21-19(23)7-6-15-8-11-20-12-9-15/h2-5,15-16,20H,6-14H2,1H3,(H,21,23). The monoisotopic (exact) mass is 331 g/mol. The number of anilines is 1. The summed E-state index contributed by atoms with van der Waals surface area (Å²) in [4.78, 5) is 14.5. The van der Waals surface area contributed by atoms with Crippen molar-refractivity contribution in [3.8, 4) is 5.75 Å². The summed E-state index contributed by atoms with van der Waals surface area (Å²) in [5, 5.41) is 6.59. The second-order valence-corrected chi connectivity index (χ2v) is 6.90. The number of para-hydroxylation sites is 2. The molecule has 2 N–H and O–H groups in total. The minimum atomic E-state index is 0.209. The third kappa shape index (κ3) is 4.41. The Kier molecular flexibility index (Phi) is 5.96. The summed E-state index contributed by atoms with van der Waals surface area (Å²) in [6.07, 6.45) is 5.10. The smallest absolute Gasteiger partial charge is 0.220 e. The van der Waals surface area contributed by atoms with Crippen LogP contribution in [-0.2, 0) is 4.79 Å². The zero-order valence-corrected chi connectivity index (χ0v) is 14.6. The van der Waals surface area contributed by atoms with Crippen molar-refractivity contribution in [2.24, 2.45) is 5.92 Å². The molecule has 5 heteroatoms. The maximum absolute atomic E-state index is 12.2. The molecular weight excluding hydrogens is 302 g/mol. The Morgan fingerprint density at radius 2 is 2.08 bits per heavy atom. The fourth-order valence-corrected chi connectivity index (χ4v) is 3.79. The number of hydrogen-bond donors (Lipinski definition) is 2. The molecule has 0 radical (unpaired) electrons. The average Bonchev–Trinajstić information content (AvgIpc) is 3.09. The molecule has 24 heavy (non-hydrogen) atoms. The van der Waals surface area contributed by atoms with Gasteiger partial charge in [-0.3, -0.25) is 4.79 Å². The van der Waals surface area contributed by atoms with Crippen LogP contribution in [0.2, 0.25) is 0 Å². The molecule has 1 amide bonds. The number of amides is 1. The van der Waals surface area contributed by atoms with E-state index in [1.54, 1.807) is 7.11 Å². The molecule has 1 aromatic rings. The number of methoxy groups -OCH3 is 1. The summed E-state index contributed by atoms with van der Waals surface area (Å²) < 4.78 is 5.45. The second-order valence-electron chi connectivity index (χ2n) is 6.90. The van der Waals surface area contributed by atoms with E-state index in [4.69, 9.17) is 4.74 Å². The van der Waals surface area contributed by atoms with E-state index in [1.807, 2.05) is 18.2 Å². The van der Waals surface area contributed by atoms with Gasteiger partial charge in [-0.25, -0.2) is 0 Å². The van der Waals surface area contributed by atoms with E-state index in [0.717, 1.165) is 50.5 Å². The van der Waals surface area contributed by atoms with Gasteiger partial charge in [-0.1, -0.05) is 12.1 Å². The van der Waals surface area contributed by atoms with Crippen molar-refractivity contribution in [3.63, 3.8) is 0 Å². The summed E-state index contributed by atoms with van der Waals surface area (Å²) in [5.74, 6) is 1.82. The molecule has 2 fully saturated rings. The van der Waals surface area contributed by atoms with Crippen molar-refractivity contribution in [1.82, 2.24) is 10.6 Å². The maximum Gasteiger partial charge on any atom is 0.220 e. The molecule has 2 aliphatic heterocycles. The van der Waals surface area contributed by atoms with Crippen LogP contribution in [0.3, 0.4) is 0 Å². The molecule has 2 heterocycles. The van der Waals surface area contributed by atoms with Crippen LogP contribution >= 0.6 is 0 Å².